The van der Waals surface area contributed by atoms with Crippen molar-refractivity contribution in [1.29, 1.82) is 0 Å². The summed E-state index contributed by atoms with van der Waals surface area (Å²) in [6, 6.07) is 0. The Kier molecular flexibility index (Phi) is 5.20. The molecular weight excluding hydrogens is 244 g/mol. The molecule has 0 aromatic rings. The van der Waals surface area contributed by atoms with Crippen molar-refractivity contribution in [3.8, 4) is 0 Å². The first-order valence-corrected chi connectivity index (χ1v) is 6.92. The fraction of sp³-hybridized carbons (Fsp3) is 0.857. The van der Waals surface area contributed by atoms with Crippen molar-refractivity contribution in [2.75, 3.05) is 13.6 Å². The lowest BCUT2D eigenvalue weighted by Gasteiger charge is -2.31. The Bertz CT molecular complexity index is 328. The maximum Gasteiger partial charge on any atom is 0.410 e. The van der Waals surface area contributed by atoms with E-state index in [4.69, 9.17) is 10.5 Å². The Labute approximate surface area is 115 Å². The fourth-order valence-corrected chi connectivity index (χ4v) is 2.43. The Morgan fingerprint density at radius 2 is 1.74 bits per heavy atom. The zero-order valence-electron chi connectivity index (χ0n) is 12.4. The summed E-state index contributed by atoms with van der Waals surface area (Å²) in [5, 5.41) is 0. The van der Waals surface area contributed by atoms with E-state index in [9.17, 15) is 9.59 Å². The van der Waals surface area contributed by atoms with Gasteiger partial charge in [-0.05, 0) is 52.4 Å². The molecule has 0 bridgehead atoms. The van der Waals surface area contributed by atoms with Gasteiger partial charge in [0.1, 0.15) is 5.60 Å². The maximum absolute atomic E-state index is 11.8. The summed E-state index contributed by atoms with van der Waals surface area (Å²) in [4.78, 5) is 24.5. The molecule has 110 valence electrons. The van der Waals surface area contributed by atoms with Crippen LogP contribution in [0.5, 0.6) is 0 Å². The van der Waals surface area contributed by atoms with Crippen molar-refractivity contribution in [3.05, 3.63) is 0 Å². The Morgan fingerprint density at radius 3 is 2.16 bits per heavy atom. The van der Waals surface area contributed by atoms with E-state index >= 15 is 0 Å². The lowest BCUT2D eigenvalue weighted by molar-refractivity contribution is -0.123. The molecule has 5 nitrogen and oxygen atoms in total. The largest absolute Gasteiger partial charge is 0.444 e. The summed E-state index contributed by atoms with van der Waals surface area (Å²) in [6.07, 6.45) is 3.27. The van der Waals surface area contributed by atoms with Crippen molar-refractivity contribution >= 4 is 12.0 Å². The van der Waals surface area contributed by atoms with Crippen molar-refractivity contribution in [1.82, 2.24) is 4.90 Å². The predicted octanol–water partition coefficient (Wildman–Crippen LogP) is 2.14. The molecule has 1 fully saturated rings. The molecule has 0 aromatic carbocycles. The first kappa shape index (κ1) is 15.8. The van der Waals surface area contributed by atoms with Gasteiger partial charge in [0.15, 0.2) is 0 Å². The molecule has 1 aliphatic carbocycles. The van der Waals surface area contributed by atoms with E-state index in [1.807, 2.05) is 20.8 Å². The molecule has 0 heterocycles. The number of carbonyl (C=O) groups excluding carboxylic acids is 2. The lowest BCUT2D eigenvalue weighted by Crippen LogP contribution is -2.38. The normalized spacial score (nSPS) is 23.8. The molecule has 0 aliphatic heterocycles. The van der Waals surface area contributed by atoms with Crippen LogP contribution in [0, 0.1) is 11.8 Å². The van der Waals surface area contributed by atoms with Crippen LogP contribution in [0.3, 0.4) is 0 Å². The molecule has 2 amide bonds. The molecule has 0 unspecified atom stereocenters. The van der Waals surface area contributed by atoms with E-state index < -0.39 is 5.60 Å². The van der Waals surface area contributed by atoms with Gasteiger partial charge in [-0.3, -0.25) is 4.79 Å². The van der Waals surface area contributed by atoms with E-state index in [1.165, 1.54) is 0 Å². The summed E-state index contributed by atoms with van der Waals surface area (Å²) < 4.78 is 5.31. The quantitative estimate of drug-likeness (QED) is 0.854. The summed E-state index contributed by atoms with van der Waals surface area (Å²) in [5.74, 6) is 0.259. The molecule has 5 heteroatoms. The molecule has 1 aliphatic rings. The number of hydrogen-bond donors (Lipinski definition) is 1. The Morgan fingerprint density at radius 1 is 1.21 bits per heavy atom. The van der Waals surface area contributed by atoms with Gasteiger partial charge in [0.05, 0.1) is 0 Å². The summed E-state index contributed by atoms with van der Waals surface area (Å²) >= 11 is 0. The average molecular weight is 270 g/mol. The van der Waals surface area contributed by atoms with Gasteiger partial charge in [-0.1, -0.05) is 0 Å². The molecule has 0 spiro atoms. The van der Waals surface area contributed by atoms with Gasteiger partial charge in [-0.2, -0.15) is 0 Å². The first-order valence-electron chi connectivity index (χ1n) is 6.92. The van der Waals surface area contributed by atoms with Gasteiger partial charge in [0.2, 0.25) is 5.91 Å². The number of carbonyl (C=O) groups is 2. The Hall–Kier alpha value is -1.26. The number of amides is 2. The van der Waals surface area contributed by atoms with E-state index in [0.717, 1.165) is 25.7 Å². The van der Waals surface area contributed by atoms with Crippen LogP contribution in [0.2, 0.25) is 0 Å². The second-order valence-corrected chi connectivity index (χ2v) is 6.48. The fourth-order valence-electron chi connectivity index (χ4n) is 2.43. The van der Waals surface area contributed by atoms with Crippen LogP contribution in [0.25, 0.3) is 0 Å². The van der Waals surface area contributed by atoms with Gasteiger partial charge in [-0.15, -0.1) is 0 Å². The summed E-state index contributed by atoms with van der Waals surface area (Å²) in [6.45, 7) is 6.25. The maximum atomic E-state index is 11.8. The highest BCUT2D eigenvalue weighted by Gasteiger charge is 2.27. The van der Waals surface area contributed by atoms with Crippen LogP contribution in [0.1, 0.15) is 46.5 Å². The minimum Gasteiger partial charge on any atom is -0.444 e. The monoisotopic (exact) mass is 270 g/mol. The molecule has 2 N–H and O–H groups in total. The highest BCUT2D eigenvalue weighted by Crippen LogP contribution is 2.29. The number of nitrogens with two attached hydrogens (primary N) is 1. The predicted molar refractivity (Wildman–Crippen MR) is 73.5 cm³/mol. The van der Waals surface area contributed by atoms with Crippen molar-refractivity contribution < 1.29 is 14.3 Å². The second-order valence-electron chi connectivity index (χ2n) is 6.48. The third kappa shape index (κ3) is 5.49. The van der Waals surface area contributed by atoms with Crippen molar-refractivity contribution in [2.24, 2.45) is 17.6 Å². The summed E-state index contributed by atoms with van der Waals surface area (Å²) in [7, 11) is 1.76. The molecular formula is C14H26N2O3. The molecule has 0 aromatic heterocycles. The van der Waals surface area contributed by atoms with Crippen LogP contribution >= 0.6 is 0 Å². The zero-order valence-corrected chi connectivity index (χ0v) is 12.4. The molecule has 1 saturated carbocycles. The minimum atomic E-state index is -0.463. The standard InChI is InChI=1S/C14H26N2O3/c1-14(2,3)19-13(18)16(4)9-10-5-7-11(8-6-10)12(15)17/h10-11H,5-9H2,1-4H3,(H2,15,17). The second kappa shape index (κ2) is 6.26. The SMILES string of the molecule is CN(CC1CCC(C(N)=O)CC1)C(=O)OC(C)(C)C. The van der Waals surface area contributed by atoms with E-state index in [0.29, 0.717) is 12.5 Å². The first-order chi connectivity index (χ1) is 8.69. The van der Waals surface area contributed by atoms with Crippen molar-refractivity contribution in [3.63, 3.8) is 0 Å². The van der Waals surface area contributed by atoms with E-state index in [-0.39, 0.29) is 17.9 Å². The Balaban J connectivity index is 2.36. The number of ether oxygens (including phenoxy) is 1. The molecule has 0 saturated heterocycles. The zero-order chi connectivity index (χ0) is 14.6. The van der Waals surface area contributed by atoms with Gasteiger partial charge >= 0.3 is 6.09 Å². The van der Waals surface area contributed by atoms with Gasteiger partial charge < -0.3 is 15.4 Å². The van der Waals surface area contributed by atoms with Gasteiger partial charge in [0.25, 0.3) is 0 Å². The third-order valence-corrected chi connectivity index (χ3v) is 3.49. The van der Waals surface area contributed by atoms with Crippen LogP contribution < -0.4 is 5.73 Å². The topological polar surface area (TPSA) is 72.6 Å². The van der Waals surface area contributed by atoms with Crippen LogP contribution in [-0.4, -0.2) is 36.1 Å². The smallest absolute Gasteiger partial charge is 0.410 e. The van der Waals surface area contributed by atoms with Crippen LogP contribution in [0.4, 0.5) is 4.79 Å². The molecule has 1 rings (SSSR count). The lowest BCUT2D eigenvalue weighted by atomic mass is 9.81. The van der Waals surface area contributed by atoms with Gasteiger partial charge in [-0.25, -0.2) is 4.79 Å². The molecule has 0 atom stereocenters. The van der Waals surface area contributed by atoms with Gasteiger partial charge in [0, 0.05) is 19.5 Å². The van der Waals surface area contributed by atoms with Crippen molar-refractivity contribution in [2.45, 2.75) is 52.1 Å². The van der Waals surface area contributed by atoms with Crippen LogP contribution in [0.15, 0.2) is 0 Å². The number of nitrogens with zero attached hydrogens (tertiary/aromatic N) is 1. The highest BCUT2D eigenvalue weighted by molar-refractivity contribution is 5.76. The third-order valence-electron chi connectivity index (χ3n) is 3.49. The summed E-state index contributed by atoms with van der Waals surface area (Å²) in [5.41, 5.74) is 4.84. The highest BCUT2D eigenvalue weighted by atomic mass is 16.6. The molecule has 19 heavy (non-hydrogen) atoms. The number of hydrogen-bond acceptors (Lipinski definition) is 3. The van der Waals surface area contributed by atoms with Crippen LogP contribution in [-0.2, 0) is 9.53 Å². The van der Waals surface area contributed by atoms with E-state index in [2.05, 4.69) is 0 Å². The van der Waals surface area contributed by atoms with E-state index in [1.54, 1.807) is 11.9 Å². The average Bonchev–Trinajstić information content (AvgIpc) is 2.27. The minimum absolute atomic E-state index is 0.0167. The molecule has 0 radical (unpaired) electrons. The number of primary amides is 1. The number of rotatable bonds is 3.